The molecule has 0 aliphatic heterocycles. The lowest BCUT2D eigenvalue weighted by atomic mass is 10.0. The van der Waals surface area contributed by atoms with E-state index in [2.05, 4.69) is 10.6 Å². The van der Waals surface area contributed by atoms with Crippen molar-refractivity contribution in [3.63, 3.8) is 0 Å². The van der Waals surface area contributed by atoms with Gasteiger partial charge in [0.25, 0.3) is 5.91 Å². The largest absolute Gasteiger partial charge is 0.452 e. The van der Waals surface area contributed by atoms with Crippen LogP contribution in [0.1, 0.15) is 31.1 Å². The molecule has 0 atom stereocenters. The summed E-state index contributed by atoms with van der Waals surface area (Å²) in [7, 11) is 0. The fraction of sp³-hybridized carbons (Fsp3) is 0.192. The number of para-hydroxylation sites is 1. The second-order valence-corrected chi connectivity index (χ2v) is 8.24. The molecule has 0 aliphatic rings. The minimum absolute atomic E-state index is 0.195. The van der Waals surface area contributed by atoms with Crippen LogP contribution in [-0.4, -0.2) is 30.2 Å². The number of amides is 2. The third-order valence-corrected chi connectivity index (χ3v) is 4.36. The van der Waals surface area contributed by atoms with Gasteiger partial charge in [0.05, 0.1) is 5.56 Å². The van der Waals surface area contributed by atoms with Crippen molar-refractivity contribution in [2.24, 2.45) is 0 Å². The average Bonchev–Trinajstić information content (AvgIpc) is 2.77. The molecule has 0 aromatic heterocycles. The summed E-state index contributed by atoms with van der Waals surface area (Å²) in [6.45, 7) is 4.81. The third-order valence-electron chi connectivity index (χ3n) is 4.36. The Morgan fingerprint density at radius 2 is 1.52 bits per heavy atom. The molecule has 170 valence electrons. The normalized spacial score (nSPS) is 10.8. The van der Waals surface area contributed by atoms with Gasteiger partial charge < -0.3 is 14.8 Å². The van der Waals surface area contributed by atoms with Crippen molar-refractivity contribution < 1.29 is 23.9 Å². The van der Waals surface area contributed by atoms with Crippen LogP contribution in [0.5, 0.6) is 0 Å². The van der Waals surface area contributed by atoms with E-state index in [1.165, 1.54) is 12.1 Å². The van der Waals surface area contributed by atoms with E-state index in [9.17, 15) is 14.4 Å². The smallest absolute Gasteiger partial charge is 0.412 e. The standard InChI is InChI=1S/C26H26N2O5/c1-26(2,3)33-25(31)27-20-13-9-12-19(16-20)24(30)32-17-23(29)28-22-15-8-7-14-21(22)18-10-5-4-6-11-18/h4-16H,17H2,1-3H3,(H,27,31)(H,28,29). The van der Waals surface area contributed by atoms with Gasteiger partial charge in [0.1, 0.15) is 5.60 Å². The molecule has 7 heteroatoms. The zero-order valence-corrected chi connectivity index (χ0v) is 18.8. The van der Waals surface area contributed by atoms with Crippen molar-refractivity contribution in [3.05, 3.63) is 84.4 Å². The molecule has 0 radical (unpaired) electrons. The van der Waals surface area contributed by atoms with Gasteiger partial charge in [0.2, 0.25) is 0 Å². The van der Waals surface area contributed by atoms with Crippen LogP contribution in [0.4, 0.5) is 16.2 Å². The van der Waals surface area contributed by atoms with Gasteiger partial charge in [0, 0.05) is 16.9 Å². The summed E-state index contributed by atoms with van der Waals surface area (Å²) in [6, 6.07) is 23.2. The van der Waals surface area contributed by atoms with Crippen LogP contribution in [0.3, 0.4) is 0 Å². The number of ether oxygens (including phenoxy) is 2. The van der Waals surface area contributed by atoms with Crippen LogP contribution in [0, 0.1) is 0 Å². The van der Waals surface area contributed by atoms with Crippen molar-refractivity contribution in [2.75, 3.05) is 17.2 Å². The molecule has 0 fully saturated rings. The van der Waals surface area contributed by atoms with Gasteiger partial charge in [-0.25, -0.2) is 9.59 Å². The summed E-state index contributed by atoms with van der Waals surface area (Å²) < 4.78 is 10.4. The SMILES string of the molecule is CC(C)(C)OC(=O)Nc1cccc(C(=O)OCC(=O)Nc2ccccc2-c2ccccc2)c1. The molecule has 0 spiro atoms. The number of anilines is 2. The molecular weight excluding hydrogens is 420 g/mol. The molecule has 0 heterocycles. The highest BCUT2D eigenvalue weighted by Gasteiger charge is 2.17. The lowest BCUT2D eigenvalue weighted by Gasteiger charge is -2.19. The molecular formula is C26H26N2O5. The Kier molecular flexibility index (Phi) is 7.46. The van der Waals surface area contributed by atoms with E-state index in [0.29, 0.717) is 11.4 Å². The maximum Gasteiger partial charge on any atom is 0.412 e. The highest BCUT2D eigenvalue weighted by Crippen LogP contribution is 2.27. The highest BCUT2D eigenvalue weighted by atomic mass is 16.6. The van der Waals surface area contributed by atoms with E-state index in [0.717, 1.165) is 11.1 Å². The summed E-state index contributed by atoms with van der Waals surface area (Å²) >= 11 is 0. The van der Waals surface area contributed by atoms with Crippen LogP contribution in [-0.2, 0) is 14.3 Å². The number of hydrogen-bond acceptors (Lipinski definition) is 5. The number of rotatable bonds is 6. The maximum absolute atomic E-state index is 12.4. The molecule has 2 N–H and O–H groups in total. The molecule has 0 aliphatic carbocycles. The summed E-state index contributed by atoms with van der Waals surface area (Å²) in [5.74, 6) is -1.15. The number of hydrogen-bond donors (Lipinski definition) is 2. The first kappa shape index (κ1) is 23.5. The molecule has 3 aromatic carbocycles. The molecule has 0 bridgehead atoms. The summed E-state index contributed by atoms with van der Waals surface area (Å²) in [5, 5.41) is 5.35. The summed E-state index contributed by atoms with van der Waals surface area (Å²) in [5.41, 5.74) is 2.36. The molecule has 33 heavy (non-hydrogen) atoms. The highest BCUT2D eigenvalue weighted by molar-refractivity contribution is 5.98. The van der Waals surface area contributed by atoms with E-state index in [-0.39, 0.29) is 5.56 Å². The fourth-order valence-corrected chi connectivity index (χ4v) is 3.01. The van der Waals surface area contributed by atoms with E-state index in [1.807, 2.05) is 48.5 Å². The Morgan fingerprint density at radius 3 is 2.24 bits per heavy atom. The first-order valence-corrected chi connectivity index (χ1v) is 10.4. The second-order valence-electron chi connectivity index (χ2n) is 8.24. The van der Waals surface area contributed by atoms with Gasteiger partial charge in [-0.3, -0.25) is 10.1 Å². The van der Waals surface area contributed by atoms with E-state index >= 15 is 0 Å². The molecule has 0 saturated carbocycles. The Bertz CT molecular complexity index is 1140. The van der Waals surface area contributed by atoms with Crippen molar-refractivity contribution in [2.45, 2.75) is 26.4 Å². The number of benzene rings is 3. The predicted molar refractivity (Wildman–Crippen MR) is 127 cm³/mol. The van der Waals surface area contributed by atoms with Gasteiger partial charge in [-0.2, -0.15) is 0 Å². The van der Waals surface area contributed by atoms with Crippen LogP contribution >= 0.6 is 0 Å². The van der Waals surface area contributed by atoms with Crippen molar-refractivity contribution in [1.82, 2.24) is 0 Å². The predicted octanol–water partition coefficient (Wildman–Crippen LogP) is 5.50. The van der Waals surface area contributed by atoms with Gasteiger partial charge in [0.15, 0.2) is 6.61 Å². The van der Waals surface area contributed by atoms with Crippen molar-refractivity contribution in [3.8, 4) is 11.1 Å². The molecule has 0 saturated heterocycles. The van der Waals surface area contributed by atoms with E-state index in [4.69, 9.17) is 9.47 Å². The summed E-state index contributed by atoms with van der Waals surface area (Å²) in [4.78, 5) is 36.8. The van der Waals surface area contributed by atoms with Gasteiger partial charge in [-0.1, -0.05) is 54.6 Å². The Balaban J connectivity index is 1.59. The van der Waals surface area contributed by atoms with Crippen LogP contribution in [0.2, 0.25) is 0 Å². The van der Waals surface area contributed by atoms with Gasteiger partial charge in [-0.15, -0.1) is 0 Å². The zero-order chi connectivity index (χ0) is 23.8. The van der Waals surface area contributed by atoms with Crippen LogP contribution in [0.15, 0.2) is 78.9 Å². The molecule has 7 nitrogen and oxygen atoms in total. The molecule has 3 aromatic rings. The van der Waals surface area contributed by atoms with Crippen LogP contribution < -0.4 is 10.6 Å². The van der Waals surface area contributed by atoms with Gasteiger partial charge >= 0.3 is 12.1 Å². The number of nitrogens with one attached hydrogen (secondary N) is 2. The first-order chi connectivity index (χ1) is 15.7. The van der Waals surface area contributed by atoms with Crippen molar-refractivity contribution >= 4 is 29.3 Å². The Morgan fingerprint density at radius 1 is 0.818 bits per heavy atom. The Hall–Kier alpha value is -4.13. The number of carbonyl (C=O) groups is 3. The number of carbonyl (C=O) groups excluding carboxylic acids is 3. The quantitative estimate of drug-likeness (QED) is 0.488. The third kappa shape index (κ3) is 7.21. The Labute approximate surface area is 192 Å². The van der Waals surface area contributed by atoms with Crippen LogP contribution in [0.25, 0.3) is 11.1 Å². The minimum atomic E-state index is -0.686. The fourth-order valence-electron chi connectivity index (χ4n) is 3.01. The molecule has 0 unspecified atom stereocenters. The average molecular weight is 447 g/mol. The number of esters is 1. The minimum Gasteiger partial charge on any atom is -0.452 e. The second kappa shape index (κ2) is 10.5. The first-order valence-electron chi connectivity index (χ1n) is 10.4. The lowest BCUT2D eigenvalue weighted by Crippen LogP contribution is -2.27. The maximum atomic E-state index is 12.4. The summed E-state index contributed by atoms with van der Waals surface area (Å²) in [6.07, 6.45) is -0.635. The van der Waals surface area contributed by atoms with Gasteiger partial charge in [-0.05, 0) is 50.6 Å². The monoisotopic (exact) mass is 446 g/mol. The molecule has 3 rings (SSSR count). The van der Waals surface area contributed by atoms with E-state index in [1.54, 1.807) is 39.0 Å². The topological polar surface area (TPSA) is 93.7 Å². The van der Waals surface area contributed by atoms with Crippen molar-refractivity contribution in [1.29, 1.82) is 0 Å². The molecule has 2 amide bonds. The zero-order valence-electron chi connectivity index (χ0n) is 18.8. The lowest BCUT2D eigenvalue weighted by molar-refractivity contribution is -0.119. The van der Waals surface area contributed by atoms with E-state index < -0.39 is 30.2 Å².